The summed E-state index contributed by atoms with van der Waals surface area (Å²) in [5.41, 5.74) is 0. The lowest BCUT2D eigenvalue weighted by Gasteiger charge is -2.39. The first kappa shape index (κ1) is 13.9. The average molecular weight is 229 g/mol. The highest BCUT2D eigenvalue weighted by molar-refractivity contribution is 4.85. The number of rotatable bonds is 6. The number of aliphatic hydroxyl groups is 1. The monoisotopic (exact) mass is 229 g/mol. The van der Waals surface area contributed by atoms with E-state index in [1.54, 1.807) is 0 Å². The Morgan fingerprint density at radius 2 is 2.06 bits per heavy atom. The minimum Gasteiger partial charge on any atom is -0.391 e. The molecule has 0 spiro atoms. The zero-order valence-corrected chi connectivity index (χ0v) is 11.0. The third kappa shape index (κ3) is 4.04. The summed E-state index contributed by atoms with van der Waals surface area (Å²) in [5, 5.41) is 10.1. The predicted octanol–water partition coefficient (Wildman–Crippen LogP) is 1.89. The Hall–Kier alpha value is -0.120. The number of ether oxygens (including phenoxy) is 1. The van der Waals surface area contributed by atoms with Crippen molar-refractivity contribution < 1.29 is 9.84 Å². The molecule has 0 aromatic heterocycles. The molecule has 3 heteroatoms. The molecule has 0 aromatic carbocycles. The highest BCUT2D eigenvalue weighted by Gasteiger charge is 2.30. The SMILES string of the molecule is CCOCCN(CC)C1CC(C)CCC1O. The van der Waals surface area contributed by atoms with Crippen LogP contribution in [0, 0.1) is 5.92 Å². The van der Waals surface area contributed by atoms with Gasteiger partial charge in [0.05, 0.1) is 12.7 Å². The van der Waals surface area contributed by atoms with E-state index in [4.69, 9.17) is 4.74 Å². The van der Waals surface area contributed by atoms with Crippen LogP contribution >= 0.6 is 0 Å². The Bertz CT molecular complexity index is 187. The van der Waals surface area contributed by atoms with E-state index in [1.807, 2.05) is 6.92 Å². The third-order valence-electron chi connectivity index (χ3n) is 3.65. The standard InChI is InChI=1S/C13H27NO2/c1-4-14(8-9-16-5-2)12-10-11(3)6-7-13(12)15/h11-13,15H,4-10H2,1-3H3. The van der Waals surface area contributed by atoms with Crippen molar-refractivity contribution in [3.05, 3.63) is 0 Å². The Labute approximate surface area is 99.8 Å². The molecule has 1 saturated carbocycles. The molecule has 0 radical (unpaired) electrons. The molecule has 3 atom stereocenters. The van der Waals surface area contributed by atoms with Crippen LogP contribution < -0.4 is 0 Å². The van der Waals surface area contributed by atoms with Gasteiger partial charge >= 0.3 is 0 Å². The molecule has 1 N–H and O–H groups in total. The number of hydrogen-bond acceptors (Lipinski definition) is 3. The van der Waals surface area contributed by atoms with E-state index < -0.39 is 0 Å². The van der Waals surface area contributed by atoms with Gasteiger partial charge in [0.1, 0.15) is 0 Å². The molecule has 1 rings (SSSR count). The van der Waals surface area contributed by atoms with Gasteiger partial charge in [-0.1, -0.05) is 13.8 Å². The smallest absolute Gasteiger partial charge is 0.0695 e. The molecular formula is C13H27NO2. The topological polar surface area (TPSA) is 32.7 Å². The number of hydrogen-bond donors (Lipinski definition) is 1. The van der Waals surface area contributed by atoms with E-state index in [0.717, 1.165) is 45.1 Å². The Kier molecular flexibility index (Phi) is 6.32. The van der Waals surface area contributed by atoms with Crippen molar-refractivity contribution in [2.75, 3.05) is 26.3 Å². The molecule has 1 fully saturated rings. The lowest BCUT2D eigenvalue weighted by molar-refractivity contribution is -0.00431. The quantitative estimate of drug-likeness (QED) is 0.706. The van der Waals surface area contributed by atoms with E-state index in [2.05, 4.69) is 18.7 Å². The maximum atomic E-state index is 10.1. The van der Waals surface area contributed by atoms with Crippen molar-refractivity contribution in [1.29, 1.82) is 0 Å². The normalized spacial score (nSPS) is 30.9. The maximum Gasteiger partial charge on any atom is 0.0695 e. The minimum absolute atomic E-state index is 0.141. The van der Waals surface area contributed by atoms with Gasteiger partial charge in [0.15, 0.2) is 0 Å². The van der Waals surface area contributed by atoms with E-state index in [-0.39, 0.29) is 6.10 Å². The summed E-state index contributed by atoms with van der Waals surface area (Å²) < 4.78 is 5.40. The lowest BCUT2D eigenvalue weighted by atomic mass is 9.84. The molecule has 0 bridgehead atoms. The van der Waals surface area contributed by atoms with Crippen LogP contribution in [-0.2, 0) is 4.74 Å². The number of aliphatic hydroxyl groups excluding tert-OH is 1. The second-order valence-electron chi connectivity index (χ2n) is 4.88. The van der Waals surface area contributed by atoms with Gasteiger partial charge in [-0.3, -0.25) is 4.90 Å². The fraction of sp³-hybridized carbons (Fsp3) is 1.00. The van der Waals surface area contributed by atoms with E-state index in [9.17, 15) is 5.11 Å². The van der Waals surface area contributed by atoms with E-state index in [1.165, 1.54) is 6.42 Å². The molecule has 16 heavy (non-hydrogen) atoms. The van der Waals surface area contributed by atoms with Crippen LogP contribution in [0.2, 0.25) is 0 Å². The lowest BCUT2D eigenvalue weighted by Crippen LogP contribution is -2.48. The van der Waals surface area contributed by atoms with Crippen molar-refractivity contribution in [1.82, 2.24) is 4.90 Å². The van der Waals surface area contributed by atoms with Crippen molar-refractivity contribution in [3.8, 4) is 0 Å². The zero-order valence-electron chi connectivity index (χ0n) is 11.0. The average Bonchev–Trinajstić information content (AvgIpc) is 2.28. The molecule has 1 aliphatic rings. The van der Waals surface area contributed by atoms with Crippen LogP contribution in [0.5, 0.6) is 0 Å². The summed E-state index contributed by atoms with van der Waals surface area (Å²) >= 11 is 0. The molecule has 0 amide bonds. The molecule has 3 unspecified atom stereocenters. The molecular weight excluding hydrogens is 202 g/mol. The largest absolute Gasteiger partial charge is 0.391 e. The summed E-state index contributed by atoms with van der Waals surface area (Å²) in [7, 11) is 0. The van der Waals surface area contributed by atoms with Crippen LogP contribution in [0.1, 0.15) is 40.0 Å². The molecule has 1 aliphatic carbocycles. The molecule has 0 heterocycles. The minimum atomic E-state index is -0.141. The summed E-state index contributed by atoms with van der Waals surface area (Å²) in [5.74, 6) is 0.745. The van der Waals surface area contributed by atoms with Crippen LogP contribution in [0.25, 0.3) is 0 Å². The van der Waals surface area contributed by atoms with Crippen molar-refractivity contribution in [2.24, 2.45) is 5.92 Å². The maximum absolute atomic E-state index is 10.1. The fourth-order valence-electron chi connectivity index (χ4n) is 2.61. The molecule has 0 aromatic rings. The Balaban J connectivity index is 2.42. The van der Waals surface area contributed by atoms with Crippen molar-refractivity contribution in [3.63, 3.8) is 0 Å². The first-order valence-corrected chi connectivity index (χ1v) is 6.68. The second kappa shape index (κ2) is 7.25. The number of nitrogens with zero attached hydrogens (tertiary/aromatic N) is 1. The van der Waals surface area contributed by atoms with Gasteiger partial charge in [-0.05, 0) is 38.6 Å². The van der Waals surface area contributed by atoms with Crippen LogP contribution in [0.4, 0.5) is 0 Å². The summed E-state index contributed by atoms with van der Waals surface area (Å²) in [6.07, 6.45) is 3.11. The van der Waals surface area contributed by atoms with Crippen molar-refractivity contribution in [2.45, 2.75) is 52.2 Å². The van der Waals surface area contributed by atoms with Gasteiger partial charge in [0.2, 0.25) is 0 Å². The predicted molar refractivity (Wildman–Crippen MR) is 66.5 cm³/mol. The van der Waals surface area contributed by atoms with Crippen LogP contribution in [0.15, 0.2) is 0 Å². The van der Waals surface area contributed by atoms with Gasteiger partial charge < -0.3 is 9.84 Å². The van der Waals surface area contributed by atoms with Crippen molar-refractivity contribution >= 4 is 0 Å². The summed E-state index contributed by atoms with van der Waals surface area (Å²) in [6.45, 7) is 9.98. The van der Waals surface area contributed by atoms with Gasteiger partial charge in [-0.25, -0.2) is 0 Å². The first-order valence-electron chi connectivity index (χ1n) is 6.68. The Morgan fingerprint density at radius 1 is 1.31 bits per heavy atom. The fourth-order valence-corrected chi connectivity index (χ4v) is 2.61. The van der Waals surface area contributed by atoms with Crippen LogP contribution in [0.3, 0.4) is 0 Å². The number of likely N-dealkylation sites (N-methyl/N-ethyl adjacent to an activating group) is 1. The van der Waals surface area contributed by atoms with E-state index >= 15 is 0 Å². The van der Waals surface area contributed by atoms with Gasteiger partial charge in [-0.15, -0.1) is 0 Å². The molecule has 0 aliphatic heterocycles. The van der Waals surface area contributed by atoms with Gasteiger partial charge in [0.25, 0.3) is 0 Å². The van der Waals surface area contributed by atoms with E-state index in [0.29, 0.717) is 6.04 Å². The van der Waals surface area contributed by atoms with Crippen LogP contribution in [-0.4, -0.2) is 48.5 Å². The summed E-state index contributed by atoms with van der Waals surface area (Å²) in [6, 6.07) is 0.342. The highest BCUT2D eigenvalue weighted by atomic mass is 16.5. The van der Waals surface area contributed by atoms with Gasteiger partial charge in [-0.2, -0.15) is 0 Å². The van der Waals surface area contributed by atoms with Gasteiger partial charge in [0, 0.05) is 19.2 Å². The Morgan fingerprint density at radius 3 is 2.69 bits per heavy atom. The second-order valence-corrected chi connectivity index (χ2v) is 4.88. The molecule has 96 valence electrons. The third-order valence-corrected chi connectivity index (χ3v) is 3.65. The highest BCUT2D eigenvalue weighted by Crippen LogP contribution is 2.27. The molecule has 3 nitrogen and oxygen atoms in total. The summed E-state index contributed by atoms with van der Waals surface area (Å²) in [4.78, 5) is 2.37. The first-order chi connectivity index (χ1) is 7.69. The zero-order chi connectivity index (χ0) is 12.0. The molecule has 0 saturated heterocycles.